The van der Waals surface area contributed by atoms with Crippen LogP contribution in [0.15, 0.2) is 58.6 Å². The van der Waals surface area contributed by atoms with Crippen molar-refractivity contribution in [3.8, 4) is 11.1 Å². The first-order valence-corrected chi connectivity index (χ1v) is 6.44. The summed E-state index contributed by atoms with van der Waals surface area (Å²) in [6.07, 6.45) is 1.67. The molecule has 3 aromatic rings. The summed E-state index contributed by atoms with van der Waals surface area (Å²) in [7, 11) is 0. The molecule has 0 fully saturated rings. The lowest BCUT2D eigenvalue weighted by molar-refractivity contribution is 0.974. The first-order chi connectivity index (χ1) is 9.92. The summed E-state index contributed by atoms with van der Waals surface area (Å²) in [5.41, 5.74) is 4.25. The molecule has 20 heavy (non-hydrogen) atoms. The van der Waals surface area contributed by atoms with Gasteiger partial charge in [0.1, 0.15) is 5.35 Å². The van der Waals surface area contributed by atoms with Crippen LogP contribution in [-0.4, -0.2) is 10.2 Å². The van der Waals surface area contributed by atoms with Crippen molar-refractivity contribution in [1.82, 2.24) is 10.2 Å². The van der Waals surface area contributed by atoms with Gasteiger partial charge in [-0.2, -0.15) is 5.10 Å². The van der Waals surface area contributed by atoms with E-state index in [1.807, 2.05) is 30.3 Å². The van der Waals surface area contributed by atoms with Gasteiger partial charge in [-0.05, 0) is 24.3 Å². The maximum absolute atomic E-state index is 4.76. The monoisotopic (exact) mass is 256 g/mol. The third-order valence-corrected chi connectivity index (χ3v) is 3.76. The Kier molecular flexibility index (Phi) is 1.68. The van der Waals surface area contributed by atoms with E-state index in [0.717, 1.165) is 38.2 Å². The molecule has 0 radical (unpaired) electrons. The van der Waals surface area contributed by atoms with Gasteiger partial charge in [-0.25, -0.2) is 9.98 Å². The molecule has 0 saturated heterocycles. The SMILES string of the molecule is c1ccc2c(c1)N=c1c-2ccc2c1=c1nnccc1=N2. The van der Waals surface area contributed by atoms with Crippen molar-refractivity contribution in [2.45, 2.75) is 0 Å². The summed E-state index contributed by atoms with van der Waals surface area (Å²) < 4.78 is 0. The van der Waals surface area contributed by atoms with Gasteiger partial charge in [-0.1, -0.05) is 18.2 Å². The van der Waals surface area contributed by atoms with Gasteiger partial charge in [0.2, 0.25) is 0 Å². The molecule has 0 N–H and O–H groups in total. The number of nitrogens with zero attached hydrogens (tertiary/aromatic N) is 4. The van der Waals surface area contributed by atoms with Crippen molar-refractivity contribution in [3.05, 3.63) is 69.9 Å². The van der Waals surface area contributed by atoms with Crippen molar-refractivity contribution in [3.63, 3.8) is 0 Å². The molecule has 0 unspecified atom stereocenters. The second-order valence-corrected chi connectivity index (χ2v) is 4.86. The van der Waals surface area contributed by atoms with Crippen LogP contribution in [0.3, 0.4) is 0 Å². The van der Waals surface area contributed by atoms with E-state index in [4.69, 9.17) is 4.99 Å². The summed E-state index contributed by atoms with van der Waals surface area (Å²) in [6.45, 7) is 0. The highest BCUT2D eigenvalue weighted by atomic mass is 15.1. The lowest BCUT2D eigenvalue weighted by Crippen LogP contribution is -2.08. The Morgan fingerprint density at radius 2 is 1.70 bits per heavy atom. The molecule has 0 spiro atoms. The van der Waals surface area contributed by atoms with Crippen LogP contribution in [0.5, 0.6) is 0 Å². The average Bonchev–Trinajstić information content (AvgIpc) is 3.04. The van der Waals surface area contributed by atoms with Crippen molar-refractivity contribution in [2.24, 2.45) is 9.98 Å². The number of hydrogen-bond acceptors (Lipinski definition) is 4. The van der Waals surface area contributed by atoms with Gasteiger partial charge in [0, 0.05) is 11.1 Å². The van der Waals surface area contributed by atoms with E-state index in [1.54, 1.807) is 6.20 Å². The normalized spacial score (nSPS) is 12.8. The van der Waals surface area contributed by atoms with Crippen LogP contribution in [-0.2, 0) is 0 Å². The third kappa shape index (κ3) is 1.11. The lowest BCUT2D eigenvalue weighted by Gasteiger charge is -1.98. The molecule has 3 heterocycles. The third-order valence-electron chi connectivity index (χ3n) is 3.76. The molecule has 4 heteroatoms. The van der Waals surface area contributed by atoms with Crippen molar-refractivity contribution in [1.29, 1.82) is 0 Å². The molecule has 5 rings (SSSR count). The Morgan fingerprint density at radius 3 is 2.70 bits per heavy atom. The minimum atomic E-state index is 0.830. The molecule has 0 amide bonds. The summed E-state index contributed by atoms with van der Waals surface area (Å²) in [6, 6.07) is 14.2. The number of benzene rings is 2. The maximum Gasteiger partial charge on any atom is 0.123 e. The standard InChI is InChI=1S/C16H8N4/c1-2-4-11-9(3-1)10-5-6-12-14(15(10)19-11)16-13(18-12)7-8-17-20-16/h1-8H. The zero-order chi connectivity index (χ0) is 13.1. The maximum atomic E-state index is 4.76. The molecule has 2 aromatic carbocycles. The van der Waals surface area contributed by atoms with E-state index in [1.165, 1.54) is 5.56 Å². The fourth-order valence-electron chi connectivity index (χ4n) is 2.88. The summed E-state index contributed by atoms with van der Waals surface area (Å²) in [4.78, 5) is 9.35. The molecule has 2 aliphatic heterocycles. The Hall–Kier alpha value is -2.88. The highest BCUT2D eigenvalue weighted by molar-refractivity contribution is 5.80. The van der Waals surface area contributed by atoms with Crippen molar-refractivity contribution < 1.29 is 0 Å². The highest BCUT2D eigenvalue weighted by Gasteiger charge is 2.17. The molecule has 2 aliphatic rings. The largest absolute Gasteiger partial charge is 0.247 e. The lowest BCUT2D eigenvalue weighted by atomic mass is 10.0. The fraction of sp³-hybridized carbons (Fsp3) is 0. The quantitative estimate of drug-likeness (QED) is 0.425. The molecule has 4 nitrogen and oxygen atoms in total. The van der Waals surface area contributed by atoms with Gasteiger partial charge in [-0.15, -0.1) is 5.10 Å². The van der Waals surface area contributed by atoms with Gasteiger partial charge in [-0.3, -0.25) is 0 Å². The van der Waals surface area contributed by atoms with Crippen LogP contribution in [0.25, 0.3) is 11.1 Å². The van der Waals surface area contributed by atoms with Crippen molar-refractivity contribution in [2.75, 3.05) is 0 Å². The summed E-state index contributed by atoms with van der Waals surface area (Å²) in [5, 5.41) is 11.9. The van der Waals surface area contributed by atoms with E-state index in [-0.39, 0.29) is 0 Å². The Bertz CT molecular complexity index is 1100. The molecule has 0 atom stereocenters. The van der Waals surface area contributed by atoms with Gasteiger partial charge in [0.05, 0.1) is 33.5 Å². The van der Waals surface area contributed by atoms with Gasteiger partial charge < -0.3 is 0 Å². The van der Waals surface area contributed by atoms with E-state index in [2.05, 4.69) is 27.3 Å². The average molecular weight is 256 g/mol. The minimum Gasteiger partial charge on any atom is -0.247 e. The summed E-state index contributed by atoms with van der Waals surface area (Å²) >= 11 is 0. The predicted molar refractivity (Wildman–Crippen MR) is 73.2 cm³/mol. The predicted octanol–water partition coefficient (Wildman–Crippen LogP) is 1.96. The minimum absolute atomic E-state index is 0.830. The van der Waals surface area contributed by atoms with Crippen LogP contribution in [0.1, 0.15) is 0 Å². The van der Waals surface area contributed by atoms with Crippen LogP contribution >= 0.6 is 0 Å². The topological polar surface area (TPSA) is 50.5 Å². The van der Waals surface area contributed by atoms with Crippen LogP contribution < -0.4 is 10.7 Å². The van der Waals surface area contributed by atoms with Crippen molar-refractivity contribution >= 4 is 11.4 Å². The smallest absolute Gasteiger partial charge is 0.123 e. The zero-order valence-corrected chi connectivity index (χ0v) is 10.4. The van der Waals surface area contributed by atoms with Crippen LogP contribution in [0.4, 0.5) is 11.4 Å². The first-order valence-electron chi connectivity index (χ1n) is 6.44. The highest BCUT2D eigenvalue weighted by Crippen LogP contribution is 2.33. The number of fused-ring (bicyclic) bond motifs is 6. The summed E-state index contributed by atoms with van der Waals surface area (Å²) in [5.74, 6) is 0. The number of aromatic nitrogens is 2. The molecule has 1 aromatic heterocycles. The number of para-hydroxylation sites is 1. The van der Waals surface area contributed by atoms with Crippen LogP contribution in [0, 0.1) is 10.6 Å². The second kappa shape index (κ2) is 3.36. The number of hydrogen-bond donors (Lipinski definition) is 0. The van der Waals surface area contributed by atoms with E-state index in [0.29, 0.717) is 0 Å². The molecule has 0 bridgehead atoms. The second-order valence-electron chi connectivity index (χ2n) is 4.86. The van der Waals surface area contributed by atoms with E-state index >= 15 is 0 Å². The Balaban J connectivity index is 2.08. The molecule has 92 valence electrons. The first kappa shape index (κ1) is 9.97. The van der Waals surface area contributed by atoms with E-state index < -0.39 is 0 Å². The Labute approximate surface area is 113 Å². The Morgan fingerprint density at radius 1 is 0.750 bits per heavy atom. The van der Waals surface area contributed by atoms with Crippen LogP contribution in [0.2, 0.25) is 0 Å². The fourth-order valence-corrected chi connectivity index (χ4v) is 2.88. The molecule has 0 aliphatic carbocycles. The van der Waals surface area contributed by atoms with E-state index in [9.17, 15) is 0 Å². The molecule has 0 saturated carbocycles. The molecular formula is C16H8N4. The van der Waals surface area contributed by atoms with Gasteiger partial charge in [0.15, 0.2) is 0 Å². The van der Waals surface area contributed by atoms with Gasteiger partial charge in [0.25, 0.3) is 0 Å². The molecular weight excluding hydrogens is 248 g/mol. The number of rotatable bonds is 0. The zero-order valence-electron chi connectivity index (χ0n) is 10.4. The van der Waals surface area contributed by atoms with Gasteiger partial charge >= 0.3 is 0 Å².